The van der Waals surface area contributed by atoms with Crippen LogP contribution in [0, 0.1) is 0 Å². The third-order valence-electron chi connectivity index (χ3n) is 2.96. The molecule has 104 valence electrons. The molecular formula is C14H16N4S2. The first-order chi connectivity index (χ1) is 9.86. The van der Waals surface area contributed by atoms with Crippen molar-refractivity contribution in [3.05, 3.63) is 36.0 Å². The van der Waals surface area contributed by atoms with Crippen LogP contribution < -0.4 is 5.32 Å². The molecule has 0 atom stereocenters. The Kier molecular flexibility index (Phi) is 4.22. The zero-order chi connectivity index (χ0) is 13.8. The summed E-state index contributed by atoms with van der Waals surface area (Å²) in [6.07, 6.45) is 1.10. The van der Waals surface area contributed by atoms with Crippen LogP contribution in [0.5, 0.6) is 0 Å². The smallest absolute Gasteiger partial charge is 0.134 e. The number of H-pyrrole nitrogens is 1. The van der Waals surface area contributed by atoms with E-state index in [9.17, 15) is 0 Å². The fourth-order valence-corrected chi connectivity index (χ4v) is 3.53. The zero-order valence-corrected chi connectivity index (χ0v) is 12.9. The fourth-order valence-electron chi connectivity index (χ4n) is 1.95. The topological polar surface area (TPSA) is 53.6 Å². The molecule has 0 radical (unpaired) electrons. The lowest BCUT2D eigenvalue weighted by molar-refractivity contribution is 0.976. The summed E-state index contributed by atoms with van der Waals surface area (Å²) in [5.74, 6) is 0.829. The van der Waals surface area contributed by atoms with Crippen LogP contribution in [0.1, 0.15) is 19.0 Å². The normalized spacial score (nSPS) is 11.1. The Hall–Kier alpha value is -1.53. The molecule has 1 aromatic carbocycles. The molecule has 0 aliphatic heterocycles. The predicted molar refractivity (Wildman–Crippen MR) is 86.5 cm³/mol. The van der Waals surface area contributed by atoms with Crippen molar-refractivity contribution in [2.45, 2.75) is 24.1 Å². The van der Waals surface area contributed by atoms with Crippen LogP contribution in [0.3, 0.4) is 0 Å². The van der Waals surface area contributed by atoms with Gasteiger partial charge in [0.2, 0.25) is 0 Å². The maximum absolute atomic E-state index is 4.21. The summed E-state index contributed by atoms with van der Waals surface area (Å²) >= 11 is 3.19. The van der Waals surface area contributed by atoms with E-state index in [1.165, 1.54) is 27.5 Å². The molecule has 2 aromatic heterocycles. The second kappa shape index (κ2) is 6.28. The standard InChI is InChI=1S/C14H16N4S2/c1-2-7-15-14-12(17-18-20-14)9-19-13-8-10-5-3-4-6-11(10)16-13/h3-6,8,15-16H,2,7,9H2,1H3. The Morgan fingerprint density at radius 3 is 3.10 bits per heavy atom. The number of nitrogens with one attached hydrogen (secondary N) is 2. The van der Waals surface area contributed by atoms with Crippen LogP contribution in [0.4, 0.5) is 5.00 Å². The number of nitrogens with zero attached hydrogens (tertiary/aromatic N) is 2. The van der Waals surface area contributed by atoms with Crippen molar-refractivity contribution in [1.82, 2.24) is 14.6 Å². The van der Waals surface area contributed by atoms with Crippen molar-refractivity contribution < 1.29 is 0 Å². The molecule has 4 nitrogen and oxygen atoms in total. The fraction of sp³-hybridized carbons (Fsp3) is 0.286. The van der Waals surface area contributed by atoms with E-state index >= 15 is 0 Å². The summed E-state index contributed by atoms with van der Waals surface area (Å²) in [7, 11) is 0. The first-order valence-electron chi connectivity index (χ1n) is 6.62. The van der Waals surface area contributed by atoms with Gasteiger partial charge in [0.05, 0.1) is 5.03 Å². The molecule has 20 heavy (non-hydrogen) atoms. The second-order valence-corrected chi connectivity index (χ2v) is 6.26. The Balaban J connectivity index is 1.68. The van der Waals surface area contributed by atoms with Gasteiger partial charge < -0.3 is 10.3 Å². The highest BCUT2D eigenvalue weighted by Crippen LogP contribution is 2.29. The highest BCUT2D eigenvalue weighted by Gasteiger charge is 2.09. The van der Waals surface area contributed by atoms with Crippen LogP contribution >= 0.6 is 23.3 Å². The third-order valence-corrected chi connectivity index (χ3v) is 4.64. The first kappa shape index (κ1) is 13.5. The van der Waals surface area contributed by atoms with E-state index in [-0.39, 0.29) is 0 Å². The van der Waals surface area contributed by atoms with Gasteiger partial charge in [0.25, 0.3) is 0 Å². The van der Waals surface area contributed by atoms with E-state index in [0.717, 1.165) is 29.4 Å². The SMILES string of the molecule is CCCNc1snnc1CSc1cc2ccccc2[nH]1. The molecule has 6 heteroatoms. The third kappa shape index (κ3) is 2.96. The van der Waals surface area contributed by atoms with Crippen LogP contribution in [-0.2, 0) is 5.75 Å². The maximum atomic E-state index is 4.21. The van der Waals surface area contributed by atoms with Gasteiger partial charge in [-0.25, -0.2) is 0 Å². The second-order valence-electron chi connectivity index (χ2n) is 4.49. The van der Waals surface area contributed by atoms with Gasteiger partial charge in [-0.05, 0) is 18.6 Å². The number of benzene rings is 1. The Bertz CT molecular complexity index is 656. The molecule has 0 spiro atoms. The van der Waals surface area contributed by atoms with Crippen LogP contribution in [0.15, 0.2) is 35.4 Å². The summed E-state index contributed by atoms with van der Waals surface area (Å²) in [6.45, 7) is 3.12. The highest BCUT2D eigenvalue weighted by atomic mass is 32.2. The number of para-hydroxylation sites is 1. The molecule has 0 fully saturated rings. The van der Waals surface area contributed by atoms with Gasteiger partial charge in [-0.3, -0.25) is 0 Å². The van der Waals surface area contributed by atoms with E-state index in [4.69, 9.17) is 0 Å². The quantitative estimate of drug-likeness (QED) is 0.672. The average molecular weight is 304 g/mol. The Morgan fingerprint density at radius 1 is 1.35 bits per heavy atom. The van der Waals surface area contributed by atoms with Gasteiger partial charge in [-0.15, -0.1) is 16.9 Å². The lowest BCUT2D eigenvalue weighted by Crippen LogP contribution is -2.00. The van der Waals surface area contributed by atoms with E-state index in [2.05, 4.69) is 51.1 Å². The van der Waals surface area contributed by atoms with Gasteiger partial charge in [0.1, 0.15) is 10.7 Å². The number of fused-ring (bicyclic) bond motifs is 1. The molecule has 3 aromatic rings. The lowest BCUT2D eigenvalue weighted by Gasteiger charge is -2.02. The lowest BCUT2D eigenvalue weighted by atomic mass is 10.3. The maximum Gasteiger partial charge on any atom is 0.134 e. The van der Waals surface area contributed by atoms with Crippen LogP contribution in [0.25, 0.3) is 10.9 Å². The van der Waals surface area contributed by atoms with Crippen molar-refractivity contribution in [2.24, 2.45) is 0 Å². The molecule has 0 saturated heterocycles. The molecule has 0 amide bonds. The average Bonchev–Trinajstić information content (AvgIpc) is 3.08. The Morgan fingerprint density at radius 2 is 2.25 bits per heavy atom. The zero-order valence-electron chi connectivity index (χ0n) is 11.2. The van der Waals surface area contributed by atoms with Crippen molar-refractivity contribution in [3.63, 3.8) is 0 Å². The van der Waals surface area contributed by atoms with E-state index in [1.807, 2.05) is 6.07 Å². The summed E-state index contributed by atoms with van der Waals surface area (Å²) in [5, 5.41) is 11.1. The van der Waals surface area contributed by atoms with Crippen molar-refractivity contribution in [3.8, 4) is 0 Å². The molecule has 0 aliphatic carbocycles. The molecular weight excluding hydrogens is 288 g/mol. The van der Waals surface area contributed by atoms with Crippen molar-refractivity contribution >= 4 is 39.2 Å². The predicted octanol–water partition coefficient (Wildman–Crippen LogP) is 4.13. The number of rotatable bonds is 6. The van der Waals surface area contributed by atoms with Gasteiger partial charge in [0.15, 0.2) is 0 Å². The van der Waals surface area contributed by atoms with Gasteiger partial charge in [0, 0.05) is 34.7 Å². The molecule has 3 rings (SSSR count). The van der Waals surface area contributed by atoms with Crippen LogP contribution in [-0.4, -0.2) is 21.1 Å². The highest BCUT2D eigenvalue weighted by molar-refractivity contribution is 7.98. The van der Waals surface area contributed by atoms with E-state index in [1.54, 1.807) is 11.8 Å². The molecule has 0 bridgehead atoms. The number of hydrogen-bond donors (Lipinski definition) is 2. The number of anilines is 1. The number of aromatic amines is 1. The number of hydrogen-bond acceptors (Lipinski definition) is 5. The van der Waals surface area contributed by atoms with Gasteiger partial charge >= 0.3 is 0 Å². The van der Waals surface area contributed by atoms with E-state index < -0.39 is 0 Å². The Labute approximate surface area is 126 Å². The minimum absolute atomic E-state index is 0.829. The number of thioether (sulfide) groups is 1. The summed E-state index contributed by atoms with van der Waals surface area (Å²) in [6, 6.07) is 10.5. The van der Waals surface area contributed by atoms with Crippen molar-refractivity contribution in [1.29, 1.82) is 0 Å². The van der Waals surface area contributed by atoms with Crippen molar-refractivity contribution in [2.75, 3.05) is 11.9 Å². The van der Waals surface area contributed by atoms with Crippen LogP contribution in [0.2, 0.25) is 0 Å². The summed E-state index contributed by atoms with van der Waals surface area (Å²) in [4.78, 5) is 3.42. The minimum Gasteiger partial charge on any atom is -0.374 e. The largest absolute Gasteiger partial charge is 0.374 e. The molecule has 2 heterocycles. The monoisotopic (exact) mass is 304 g/mol. The minimum atomic E-state index is 0.829. The van der Waals surface area contributed by atoms with Gasteiger partial charge in [-0.2, -0.15) is 0 Å². The summed E-state index contributed by atoms with van der Waals surface area (Å²) < 4.78 is 4.04. The molecule has 0 aliphatic rings. The first-order valence-corrected chi connectivity index (χ1v) is 8.38. The van der Waals surface area contributed by atoms with E-state index in [0.29, 0.717) is 0 Å². The molecule has 0 saturated carbocycles. The molecule has 2 N–H and O–H groups in total. The number of aromatic nitrogens is 3. The summed E-state index contributed by atoms with van der Waals surface area (Å²) in [5.41, 5.74) is 2.21. The molecule has 0 unspecified atom stereocenters. The van der Waals surface area contributed by atoms with Gasteiger partial charge in [-0.1, -0.05) is 29.6 Å².